The van der Waals surface area contributed by atoms with E-state index in [0.29, 0.717) is 0 Å². The van der Waals surface area contributed by atoms with Crippen LogP contribution in [-0.2, 0) is 19.1 Å². The van der Waals surface area contributed by atoms with E-state index in [2.05, 4.69) is 5.32 Å². The van der Waals surface area contributed by atoms with Crippen molar-refractivity contribution in [1.29, 1.82) is 0 Å². The molecule has 23 heavy (non-hydrogen) atoms. The van der Waals surface area contributed by atoms with Gasteiger partial charge in [-0.05, 0) is 0 Å². The van der Waals surface area contributed by atoms with Gasteiger partial charge in [-0.15, -0.1) is 0 Å². The SMILES string of the molecule is CC(=O)N[C@H]1[C@H](OCSC(=O)C(C)(C)C)O[C@H](CO)[C@H](O)[C@@H]1O. The zero-order valence-electron chi connectivity index (χ0n) is 13.7. The molecule has 0 aromatic heterocycles. The summed E-state index contributed by atoms with van der Waals surface area (Å²) in [6.07, 6.45) is -4.85. The number of rotatable bonds is 5. The van der Waals surface area contributed by atoms with Gasteiger partial charge in [-0.2, -0.15) is 0 Å². The quantitative estimate of drug-likeness (QED) is 0.475. The van der Waals surface area contributed by atoms with Gasteiger partial charge in [-0.25, -0.2) is 0 Å². The summed E-state index contributed by atoms with van der Waals surface area (Å²) in [7, 11) is 0. The summed E-state index contributed by atoms with van der Waals surface area (Å²) < 4.78 is 10.8. The lowest BCUT2D eigenvalue weighted by Crippen LogP contribution is -2.64. The lowest BCUT2D eigenvalue weighted by Gasteiger charge is -2.42. The molecule has 134 valence electrons. The largest absolute Gasteiger partial charge is 0.394 e. The summed E-state index contributed by atoms with van der Waals surface area (Å²) in [6, 6.07) is -1.00. The first kappa shape index (κ1) is 20.3. The van der Waals surface area contributed by atoms with Gasteiger partial charge in [0.1, 0.15) is 30.3 Å². The fourth-order valence-electron chi connectivity index (χ4n) is 1.98. The van der Waals surface area contributed by atoms with E-state index in [4.69, 9.17) is 9.47 Å². The smallest absolute Gasteiger partial charge is 0.217 e. The minimum absolute atomic E-state index is 0.0438. The third kappa shape index (κ3) is 5.70. The van der Waals surface area contributed by atoms with Crippen molar-refractivity contribution in [3.63, 3.8) is 0 Å². The Kier molecular flexibility index (Phi) is 7.43. The molecule has 1 aliphatic rings. The standard InChI is InChI=1S/C14H25NO7S/c1-7(17)15-9-11(19)10(18)8(5-16)22-12(9)21-6-23-13(20)14(2,3)4/h8-12,16,18-19H,5-6H2,1-4H3,(H,15,17)/t8-,9-,10+,11-,12-/m1/s1. The fraction of sp³-hybridized carbons (Fsp3) is 0.857. The number of nitrogens with one attached hydrogen (secondary N) is 1. The Labute approximate surface area is 139 Å². The van der Waals surface area contributed by atoms with E-state index < -0.39 is 48.6 Å². The Morgan fingerprint density at radius 3 is 2.35 bits per heavy atom. The molecule has 0 spiro atoms. The molecule has 8 nitrogen and oxygen atoms in total. The van der Waals surface area contributed by atoms with Crippen LogP contribution in [0.5, 0.6) is 0 Å². The zero-order chi connectivity index (χ0) is 17.8. The maximum Gasteiger partial charge on any atom is 0.217 e. The molecular formula is C14H25NO7S. The predicted molar refractivity (Wildman–Crippen MR) is 83.4 cm³/mol. The molecule has 0 aromatic rings. The van der Waals surface area contributed by atoms with Crippen LogP contribution in [0.2, 0.25) is 0 Å². The highest BCUT2D eigenvalue weighted by Gasteiger charge is 2.45. The monoisotopic (exact) mass is 351 g/mol. The van der Waals surface area contributed by atoms with E-state index in [-0.39, 0.29) is 11.1 Å². The van der Waals surface area contributed by atoms with E-state index in [1.165, 1.54) is 6.92 Å². The normalized spacial score (nSPS) is 31.7. The summed E-state index contributed by atoms with van der Waals surface area (Å²) >= 11 is 0.948. The van der Waals surface area contributed by atoms with Crippen LogP contribution in [0.15, 0.2) is 0 Å². The fourth-order valence-corrected chi connectivity index (χ4v) is 2.73. The second-order valence-corrected chi connectivity index (χ2v) is 7.29. The van der Waals surface area contributed by atoms with Crippen molar-refractivity contribution in [2.45, 2.75) is 58.3 Å². The zero-order valence-corrected chi connectivity index (χ0v) is 14.5. The number of aliphatic hydroxyl groups excluding tert-OH is 3. The van der Waals surface area contributed by atoms with E-state index in [9.17, 15) is 24.9 Å². The molecule has 0 radical (unpaired) electrons. The number of amides is 1. The topological polar surface area (TPSA) is 125 Å². The van der Waals surface area contributed by atoms with E-state index in [0.717, 1.165) is 11.8 Å². The maximum absolute atomic E-state index is 11.8. The Balaban J connectivity index is 2.70. The van der Waals surface area contributed by atoms with Crippen LogP contribution in [0.25, 0.3) is 0 Å². The molecule has 1 heterocycles. The Bertz CT molecular complexity index is 426. The molecule has 0 saturated carbocycles. The van der Waals surface area contributed by atoms with E-state index in [1.807, 2.05) is 0 Å². The number of ether oxygens (including phenoxy) is 2. The molecule has 1 aliphatic heterocycles. The van der Waals surface area contributed by atoms with Crippen LogP contribution in [0.4, 0.5) is 0 Å². The summed E-state index contributed by atoms with van der Waals surface area (Å²) in [4.78, 5) is 23.1. The van der Waals surface area contributed by atoms with Gasteiger partial charge < -0.3 is 30.1 Å². The number of carbonyl (C=O) groups is 2. The van der Waals surface area contributed by atoms with Gasteiger partial charge in [-0.1, -0.05) is 32.5 Å². The molecule has 9 heteroatoms. The van der Waals surface area contributed by atoms with Gasteiger partial charge in [0.2, 0.25) is 5.91 Å². The van der Waals surface area contributed by atoms with Gasteiger partial charge >= 0.3 is 0 Å². The van der Waals surface area contributed by atoms with Crippen molar-refractivity contribution >= 4 is 22.8 Å². The first-order chi connectivity index (χ1) is 10.6. The van der Waals surface area contributed by atoms with Crippen molar-refractivity contribution in [3.8, 4) is 0 Å². The van der Waals surface area contributed by atoms with Crippen LogP contribution in [0.3, 0.4) is 0 Å². The van der Waals surface area contributed by atoms with Crippen molar-refractivity contribution < 1.29 is 34.4 Å². The third-order valence-electron chi connectivity index (χ3n) is 3.29. The highest BCUT2D eigenvalue weighted by Crippen LogP contribution is 2.26. The molecule has 0 bridgehead atoms. The molecule has 1 saturated heterocycles. The van der Waals surface area contributed by atoms with Gasteiger partial charge in [0, 0.05) is 12.3 Å². The van der Waals surface area contributed by atoms with Crippen molar-refractivity contribution in [2.24, 2.45) is 5.41 Å². The second kappa shape index (κ2) is 8.41. The summed E-state index contributed by atoms with van der Waals surface area (Å²) in [5.41, 5.74) is -0.526. The van der Waals surface area contributed by atoms with Gasteiger partial charge in [-0.3, -0.25) is 9.59 Å². The van der Waals surface area contributed by atoms with Crippen molar-refractivity contribution in [1.82, 2.24) is 5.32 Å². The van der Waals surface area contributed by atoms with Crippen LogP contribution in [0.1, 0.15) is 27.7 Å². The van der Waals surface area contributed by atoms with Crippen LogP contribution in [0, 0.1) is 5.41 Å². The number of aliphatic hydroxyl groups is 3. The average Bonchev–Trinajstić information content (AvgIpc) is 2.44. The molecular weight excluding hydrogens is 326 g/mol. The molecule has 0 aliphatic carbocycles. The lowest BCUT2D eigenvalue weighted by atomic mass is 9.97. The van der Waals surface area contributed by atoms with Crippen LogP contribution < -0.4 is 5.32 Å². The predicted octanol–water partition coefficient (Wildman–Crippen LogP) is -0.790. The second-order valence-electron chi connectivity index (χ2n) is 6.40. The van der Waals surface area contributed by atoms with Crippen LogP contribution >= 0.6 is 11.8 Å². The third-order valence-corrected chi connectivity index (χ3v) is 4.41. The average molecular weight is 351 g/mol. The molecule has 1 amide bonds. The molecule has 0 aromatic carbocycles. The maximum atomic E-state index is 11.8. The molecule has 1 fully saturated rings. The molecule has 5 atom stereocenters. The Hall–Kier alpha value is -0.710. The highest BCUT2D eigenvalue weighted by molar-refractivity contribution is 8.13. The summed E-state index contributed by atoms with van der Waals surface area (Å²) in [6.45, 7) is 6.08. The molecule has 0 unspecified atom stereocenters. The number of carbonyl (C=O) groups excluding carboxylic acids is 2. The number of thioether (sulfide) groups is 1. The van der Waals surface area contributed by atoms with Crippen LogP contribution in [-0.4, -0.2) is 69.5 Å². The summed E-state index contributed by atoms with van der Waals surface area (Å²) in [5, 5.41) is 31.5. The summed E-state index contributed by atoms with van der Waals surface area (Å²) in [5.74, 6) is -0.475. The number of hydrogen-bond acceptors (Lipinski definition) is 8. The highest BCUT2D eigenvalue weighted by atomic mass is 32.2. The van der Waals surface area contributed by atoms with Gasteiger partial charge in [0.15, 0.2) is 11.4 Å². The van der Waals surface area contributed by atoms with Gasteiger partial charge in [0.25, 0.3) is 0 Å². The van der Waals surface area contributed by atoms with Gasteiger partial charge in [0.05, 0.1) is 6.61 Å². The van der Waals surface area contributed by atoms with E-state index in [1.54, 1.807) is 20.8 Å². The first-order valence-corrected chi connectivity index (χ1v) is 8.25. The van der Waals surface area contributed by atoms with E-state index >= 15 is 0 Å². The minimum Gasteiger partial charge on any atom is -0.394 e. The van der Waals surface area contributed by atoms with Crippen molar-refractivity contribution in [3.05, 3.63) is 0 Å². The molecule has 1 rings (SSSR count). The number of hydrogen-bond donors (Lipinski definition) is 4. The Morgan fingerprint density at radius 2 is 1.87 bits per heavy atom. The molecule has 4 N–H and O–H groups in total. The minimum atomic E-state index is -1.36. The lowest BCUT2D eigenvalue weighted by molar-refractivity contribution is -0.264. The Morgan fingerprint density at radius 1 is 1.26 bits per heavy atom. The first-order valence-electron chi connectivity index (χ1n) is 7.26. The van der Waals surface area contributed by atoms with Crippen molar-refractivity contribution in [2.75, 3.05) is 12.5 Å².